The van der Waals surface area contributed by atoms with Crippen LogP contribution in [0.1, 0.15) is 11.3 Å². The molecule has 1 aromatic carbocycles. The van der Waals surface area contributed by atoms with E-state index in [9.17, 15) is 17.2 Å². The van der Waals surface area contributed by atoms with E-state index >= 15 is 0 Å². The van der Waals surface area contributed by atoms with Gasteiger partial charge < -0.3 is 0 Å². The summed E-state index contributed by atoms with van der Waals surface area (Å²) in [7, 11) is -1.92. The second-order valence-corrected chi connectivity index (χ2v) is 8.05. The van der Waals surface area contributed by atoms with Gasteiger partial charge in [0.25, 0.3) is 0 Å². The number of rotatable bonds is 4. The highest BCUT2D eigenvalue weighted by atomic mass is 32.2. The van der Waals surface area contributed by atoms with Gasteiger partial charge in [-0.15, -0.1) is 0 Å². The van der Waals surface area contributed by atoms with Crippen molar-refractivity contribution in [3.05, 3.63) is 47.3 Å². The monoisotopic (exact) mass is 370 g/mol. The molecule has 0 bridgehead atoms. The van der Waals surface area contributed by atoms with Crippen molar-refractivity contribution in [2.75, 3.05) is 26.2 Å². The van der Waals surface area contributed by atoms with Crippen LogP contribution in [0.3, 0.4) is 0 Å². The zero-order valence-electron chi connectivity index (χ0n) is 14.1. The molecule has 2 aromatic rings. The Bertz CT molecular complexity index is 874. The van der Waals surface area contributed by atoms with Gasteiger partial charge >= 0.3 is 0 Å². The number of aryl methyl sites for hydroxylation is 2. The summed E-state index contributed by atoms with van der Waals surface area (Å²) >= 11 is 0. The van der Waals surface area contributed by atoms with Crippen molar-refractivity contribution in [3.8, 4) is 0 Å². The topological polar surface area (TPSA) is 58.4 Å². The van der Waals surface area contributed by atoms with Gasteiger partial charge in [-0.1, -0.05) is 12.1 Å². The first-order chi connectivity index (χ1) is 11.8. The molecule has 0 atom stereocenters. The summed E-state index contributed by atoms with van der Waals surface area (Å²) in [6, 6.07) is 4.10. The number of halogens is 2. The summed E-state index contributed by atoms with van der Waals surface area (Å²) in [5.74, 6) is -1.71. The van der Waals surface area contributed by atoms with E-state index in [2.05, 4.69) is 5.10 Å². The number of sulfonamides is 1. The van der Waals surface area contributed by atoms with Crippen molar-refractivity contribution in [3.63, 3.8) is 0 Å². The van der Waals surface area contributed by atoms with Crippen LogP contribution in [-0.2, 0) is 23.6 Å². The number of hydrogen-bond donors (Lipinski definition) is 0. The second-order valence-electron chi connectivity index (χ2n) is 6.15. The molecule has 136 valence electrons. The third kappa shape index (κ3) is 3.58. The third-order valence-electron chi connectivity index (χ3n) is 4.34. The lowest BCUT2D eigenvalue weighted by Gasteiger charge is -2.33. The smallest absolute Gasteiger partial charge is 0.246 e. The van der Waals surface area contributed by atoms with Gasteiger partial charge in [0.05, 0.1) is 5.69 Å². The second kappa shape index (κ2) is 6.81. The van der Waals surface area contributed by atoms with Crippen LogP contribution < -0.4 is 0 Å². The van der Waals surface area contributed by atoms with Gasteiger partial charge in [0, 0.05) is 51.5 Å². The molecule has 1 aliphatic heterocycles. The molecule has 3 rings (SSSR count). The molecular formula is C16H20F2N4O2S. The van der Waals surface area contributed by atoms with Crippen molar-refractivity contribution in [1.29, 1.82) is 0 Å². The molecule has 1 aliphatic rings. The normalized spacial score (nSPS) is 17.1. The van der Waals surface area contributed by atoms with Gasteiger partial charge in [-0.05, 0) is 13.0 Å². The number of piperazine rings is 1. The fraction of sp³-hybridized carbons (Fsp3) is 0.438. The highest BCUT2D eigenvalue weighted by molar-refractivity contribution is 7.89. The fourth-order valence-corrected chi connectivity index (χ4v) is 4.63. The Hall–Kier alpha value is -1.84. The highest BCUT2D eigenvalue weighted by Crippen LogP contribution is 2.21. The van der Waals surface area contributed by atoms with Crippen molar-refractivity contribution in [2.24, 2.45) is 7.05 Å². The van der Waals surface area contributed by atoms with Crippen molar-refractivity contribution in [2.45, 2.75) is 18.4 Å². The van der Waals surface area contributed by atoms with Crippen LogP contribution in [-0.4, -0.2) is 53.6 Å². The molecule has 25 heavy (non-hydrogen) atoms. The molecule has 0 saturated carbocycles. The third-order valence-corrected chi connectivity index (χ3v) is 6.34. The van der Waals surface area contributed by atoms with E-state index in [4.69, 9.17) is 0 Å². The Kier molecular flexibility index (Phi) is 4.90. The van der Waals surface area contributed by atoms with Crippen LogP contribution in [0.15, 0.2) is 29.3 Å². The Morgan fingerprint density at radius 1 is 1.16 bits per heavy atom. The molecule has 0 unspecified atom stereocenters. The zero-order valence-corrected chi connectivity index (χ0v) is 14.9. The lowest BCUT2D eigenvalue weighted by molar-refractivity contribution is 0.179. The maximum Gasteiger partial charge on any atom is 0.246 e. The minimum atomic E-state index is -3.59. The van der Waals surface area contributed by atoms with Crippen LogP contribution in [0.4, 0.5) is 8.78 Å². The predicted molar refractivity (Wildman–Crippen MR) is 88.3 cm³/mol. The number of hydrogen-bond acceptors (Lipinski definition) is 4. The molecule has 0 amide bonds. The van der Waals surface area contributed by atoms with Crippen LogP contribution in [0.25, 0.3) is 0 Å². The Labute approximate surface area is 145 Å². The predicted octanol–water partition coefficient (Wildman–Crippen LogP) is 1.51. The minimum Gasteiger partial charge on any atom is -0.296 e. The molecule has 1 fully saturated rings. The van der Waals surface area contributed by atoms with Gasteiger partial charge in [0.1, 0.15) is 4.90 Å². The molecule has 0 N–H and O–H groups in total. The van der Waals surface area contributed by atoms with E-state index in [-0.39, 0.29) is 17.0 Å². The lowest BCUT2D eigenvalue weighted by atomic mass is 10.2. The van der Waals surface area contributed by atoms with Crippen LogP contribution in [0.5, 0.6) is 0 Å². The van der Waals surface area contributed by atoms with E-state index in [1.54, 1.807) is 20.0 Å². The molecule has 9 heteroatoms. The van der Waals surface area contributed by atoms with Crippen molar-refractivity contribution in [1.82, 2.24) is 19.0 Å². The van der Waals surface area contributed by atoms with Crippen LogP contribution in [0.2, 0.25) is 0 Å². The van der Waals surface area contributed by atoms with Crippen molar-refractivity contribution < 1.29 is 17.2 Å². The summed E-state index contributed by atoms with van der Waals surface area (Å²) < 4.78 is 55.4. The van der Waals surface area contributed by atoms with Crippen LogP contribution in [0, 0.1) is 18.6 Å². The van der Waals surface area contributed by atoms with E-state index in [0.29, 0.717) is 31.9 Å². The molecule has 2 heterocycles. The summed E-state index contributed by atoms with van der Waals surface area (Å²) in [4.78, 5) is 2.12. The number of benzene rings is 1. The summed E-state index contributed by atoms with van der Waals surface area (Å²) in [6.07, 6.45) is 1.50. The van der Waals surface area contributed by atoms with Gasteiger partial charge in [0.15, 0.2) is 11.6 Å². The molecule has 0 aliphatic carbocycles. The molecule has 0 spiro atoms. The number of aromatic nitrogens is 2. The van der Waals surface area contributed by atoms with Gasteiger partial charge in [-0.3, -0.25) is 9.58 Å². The minimum absolute atomic E-state index is 0.208. The first kappa shape index (κ1) is 18.0. The van der Waals surface area contributed by atoms with E-state index in [1.165, 1.54) is 21.3 Å². The molecule has 6 nitrogen and oxygen atoms in total. The van der Waals surface area contributed by atoms with Gasteiger partial charge in [-0.25, -0.2) is 17.2 Å². The zero-order chi connectivity index (χ0) is 18.2. The Morgan fingerprint density at radius 2 is 1.84 bits per heavy atom. The SMILES string of the molecule is Cc1nn(C)cc1S(=O)(=O)N1CCN(Cc2cccc(F)c2F)CC1. The first-order valence-electron chi connectivity index (χ1n) is 7.94. The summed E-state index contributed by atoms with van der Waals surface area (Å²) in [6.45, 7) is 3.42. The quantitative estimate of drug-likeness (QED) is 0.819. The number of nitrogens with zero attached hydrogens (tertiary/aromatic N) is 4. The van der Waals surface area contributed by atoms with Crippen LogP contribution >= 0.6 is 0 Å². The molecule has 0 radical (unpaired) electrons. The average Bonchev–Trinajstić information content (AvgIpc) is 2.92. The Balaban J connectivity index is 1.67. The van der Waals surface area contributed by atoms with Crippen molar-refractivity contribution >= 4 is 10.0 Å². The fourth-order valence-electron chi connectivity index (χ4n) is 3.01. The lowest BCUT2D eigenvalue weighted by Crippen LogP contribution is -2.48. The van der Waals surface area contributed by atoms with E-state index in [1.807, 2.05) is 4.90 Å². The standard InChI is InChI=1S/C16H20F2N4O2S/c1-12-15(11-20(2)19-12)25(23,24)22-8-6-21(7-9-22)10-13-4-3-5-14(17)16(13)18/h3-5,11H,6-10H2,1-2H3. The summed E-state index contributed by atoms with van der Waals surface area (Å²) in [5, 5.41) is 4.08. The molecular weight excluding hydrogens is 350 g/mol. The maximum absolute atomic E-state index is 13.8. The molecule has 1 saturated heterocycles. The van der Waals surface area contributed by atoms with Gasteiger partial charge in [-0.2, -0.15) is 9.40 Å². The first-order valence-corrected chi connectivity index (χ1v) is 9.38. The summed E-state index contributed by atoms with van der Waals surface area (Å²) in [5.41, 5.74) is 0.742. The largest absolute Gasteiger partial charge is 0.296 e. The van der Waals surface area contributed by atoms with E-state index < -0.39 is 21.7 Å². The Morgan fingerprint density at radius 3 is 2.44 bits per heavy atom. The van der Waals surface area contributed by atoms with E-state index in [0.717, 1.165) is 6.07 Å². The molecule has 1 aromatic heterocycles. The highest BCUT2D eigenvalue weighted by Gasteiger charge is 2.31. The van der Waals surface area contributed by atoms with Gasteiger partial charge in [0.2, 0.25) is 10.0 Å². The maximum atomic E-state index is 13.8. The average molecular weight is 370 g/mol.